The molecule has 0 amide bonds. The highest BCUT2D eigenvalue weighted by Gasteiger charge is 2.24. The molecule has 0 fully saturated rings. The lowest BCUT2D eigenvalue weighted by Crippen LogP contribution is -2.18. The van der Waals surface area contributed by atoms with Crippen LogP contribution in [0.4, 0.5) is 0 Å². The largest absolute Gasteiger partial charge is 0.461 e. The second-order valence-corrected chi connectivity index (χ2v) is 4.88. The first-order chi connectivity index (χ1) is 11.2. The van der Waals surface area contributed by atoms with Crippen molar-refractivity contribution in [1.29, 1.82) is 0 Å². The average molecular weight is 308 g/mol. The van der Waals surface area contributed by atoms with Crippen molar-refractivity contribution < 1.29 is 9.53 Å². The number of esters is 1. The number of nitrogens with two attached hydrogens (primary N) is 1. The highest BCUT2D eigenvalue weighted by molar-refractivity contribution is 6.01. The Morgan fingerprint density at radius 1 is 1.17 bits per heavy atom. The minimum Gasteiger partial charge on any atom is -0.461 e. The van der Waals surface area contributed by atoms with Crippen LogP contribution in [-0.4, -0.2) is 27.2 Å². The van der Waals surface area contributed by atoms with Crippen LogP contribution in [0.15, 0.2) is 55.2 Å². The van der Waals surface area contributed by atoms with E-state index >= 15 is 0 Å². The van der Waals surface area contributed by atoms with Crippen molar-refractivity contribution in [2.45, 2.75) is 6.92 Å². The Morgan fingerprint density at radius 3 is 2.39 bits per heavy atom. The van der Waals surface area contributed by atoms with Gasteiger partial charge in [0.1, 0.15) is 0 Å². The average Bonchev–Trinajstić information content (AvgIpc) is 2.94. The van der Waals surface area contributed by atoms with E-state index in [1.807, 2.05) is 24.3 Å². The van der Waals surface area contributed by atoms with Gasteiger partial charge in [-0.2, -0.15) is 0 Å². The summed E-state index contributed by atoms with van der Waals surface area (Å²) in [7, 11) is 0. The monoisotopic (exact) mass is 308 g/mol. The van der Waals surface area contributed by atoms with Gasteiger partial charge in [0, 0.05) is 53.2 Å². The molecule has 0 saturated heterocycles. The third-order valence-corrected chi connectivity index (χ3v) is 3.42. The van der Waals surface area contributed by atoms with E-state index in [0.29, 0.717) is 11.3 Å². The van der Waals surface area contributed by atoms with Crippen LogP contribution in [0, 0.1) is 0 Å². The molecule has 116 valence electrons. The molecular weight excluding hydrogens is 292 g/mol. The summed E-state index contributed by atoms with van der Waals surface area (Å²) in [5.74, 6) is 5.55. The van der Waals surface area contributed by atoms with Crippen molar-refractivity contribution in [2.24, 2.45) is 0 Å². The van der Waals surface area contributed by atoms with Gasteiger partial charge >= 0.3 is 5.97 Å². The fraction of sp³-hybridized carbons (Fsp3) is 0.118. The molecule has 0 spiro atoms. The number of rotatable bonds is 4. The molecule has 3 aromatic rings. The summed E-state index contributed by atoms with van der Waals surface area (Å²) < 4.78 is 6.44. The summed E-state index contributed by atoms with van der Waals surface area (Å²) in [6.45, 7) is 2.03. The Bertz CT molecular complexity index is 813. The van der Waals surface area contributed by atoms with E-state index in [4.69, 9.17) is 10.6 Å². The topological polar surface area (TPSA) is 83.0 Å². The van der Waals surface area contributed by atoms with E-state index in [1.165, 1.54) is 4.68 Å². The zero-order chi connectivity index (χ0) is 16.2. The molecule has 6 heteroatoms. The van der Waals surface area contributed by atoms with Crippen LogP contribution in [0.1, 0.15) is 17.4 Å². The van der Waals surface area contributed by atoms with Crippen molar-refractivity contribution in [3.05, 3.63) is 60.9 Å². The highest BCUT2D eigenvalue weighted by Crippen LogP contribution is 2.35. The van der Waals surface area contributed by atoms with Crippen LogP contribution in [-0.2, 0) is 4.74 Å². The van der Waals surface area contributed by atoms with Gasteiger partial charge in [-0.1, -0.05) is 12.1 Å². The lowest BCUT2D eigenvalue weighted by Gasteiger charge is -2.08. The van der Waals surface area contributed by atoms with Crippen LogP contribution in [0.5, 0.6) is 0 Å². The molecular formula is C17H16N4O2. The Kier molecular flexibility index (Phi) is 4.05. The van der Waals surface area contributed by atoms with Gasteiger partial charge in [-0.3, -0.25) is 14.6 Å². The molecule has 0 aliphatic rings. The summed E-state index contributed by atoms with van der Waals surface area (Å²) in [6, 6.07) is 7.44. The van der Waals surface area contributed by atoms with Gasteiger partial charge in [0.15, 0.2) is 5.69 Å². The molecule has 0 aliphatic heterocycles. The number of hydrogen-bond donors (Lipinski definition) is 1. The molecule has 0 aromatic carbocycles. The zero-order valence-electron chi connectivity index (χ0n) is 12.6. The van der Waals surface area contributed by atoms with E-state index < -0.39 is 5.97 Å². The predicted octanol–water partition coefficient (Wildman–Crippen LogP) is 2.50. The lowest BCUT2D eigenvalue weighted by atomic mass is 9.99. The number of ether oxygens (including phenoxy) is 1. The minimum absolute atomic E-state index is 0.277. The number of carbonyl (C=O) groups excluding carboxylic acids is 1. The smallest absolute Gasteiger partial charge is 0.357 e. The minimum atomic E-state index is -0.469. The van der Waals surface area contributed by atoms with E-state index in [1.54, 1.807) is 37.9 Å². The maximum Gasteiger partial charge on any atom is 0.357 e. The van der Waals surface area contributed by atoms with Crippen LogP contribution in [0.2, 0.25) is 0 Å². The van der Waals surface area contributed by atoms with E-state index in [2.05, 4.69) is 9.97 Å². The Balaban J connectivity index is 2.25. The van der Waals surface area contributed by atoms with Crippen LogP contribution >= 0.6 is 0 Å². The Morgan fingerprint density at radius 2 is 1.83 bits per heavy atom. The molecule has 0 unspecified atom stereocenters. The van der Waals surface area contributed by atoms with Gasteiger partial charge in [0.2, 0.25) is 0 Å². The van der Waals surface area contributed by atoms with Gasteiger partial charge in [-0.25, -0.2) is 4.79 Å². The quantitative estimate of drug-likeness (QED) is 0.591. The van der Waals surface area contributed by atoms with Crippen LogP contribution < -0.4 is 5.84 Å². The summed E-state index contributed by atoms with van der Waals surface area (Å²) in [6.07, 6.45) is 8.49. The number of nitrogen functional groups attached to an aromatic ring is 1. The van der Waals surface area contributed by atoms with Crippen molar-refractivity contribution in [3.63, 3.8) is 0 Å². The highest BCUT2D eigenvalue weighted by atomic mass is 16.5. The van der Waals surface area contributed by atoms with Crippen LogP contribution in [0.25, 0.3) is 22.3 Å². The Hall–Kier alpha value is -3.15. The zero-order valence-corrected chi connectivity index (χ0v) is 12.6. The summed E-state index contributed by atoms with van der Waals surface area (Å²) >= 11 is 0. The maximum absolute atomic E-state index is 12.3. The second-order valence-electron chi connectivity index (χ2n) is 4.88. The number of nitrogens with zero attached hydrogens (tertiary/aromatic N) is 3. The Labute approximate surface area is 133 Å². The normalized spacial score (nSPS) is 10.5. The van der Waals surface area contributed by atoms with E-state index in [-0.39, 0.29) is 6.61 Å². The second kappa shape index (κ2) is 6.31. The molecule has 0 saturated carbocycles. The van der Waals surface area contributed by atoms with Gasteiger partial charge in [0.05, 0.1) is 6.61 Å². The predicted molar refractivity (Wildman–Crippen MR) is 87.0 cm³/mol. The van der Waals surface area contributed by atoms with Crippen molar-refractivity contribution in [1.82, 2.24) is 14.6 Å². The van der Waals surface area contributed by atoms with Gasteiger partial charge < -0.3 is 10.6 Å². The first kappa shape index (κ1) is 14.8. The fourth-order valence-electron chi connectivity index (χ4n) is 2.48. The molecule has 0 bridgehead atoms. The number of hydrogen-bond acceptors (Lipinski definition) is 5. The van der Waals surface area contributed by atoms with Gasteiger partial charge in [-0.15, -0.1) is 0 Å². The van der Waals surface area contributed by atoms with Gasteiger partial charge in [0.25, 0.3) is 0 Å². The number of pyridine rings is 2. The maximum atomic E-state index is 12.3. The molecule has 2 N–H and O–H groups in total. The molecule has 0 atom stereocenters. The number of aromatic nitrogens is 3. The molecule has 3 aromatic heterocycles. The third-order valence-electron chi connectivity index (χ3n) is 3.42. The standard InChI is InChI=1S/C17H16N4O2/c1-2-23-17(22)16-15(13-6-4-8-20-10-13)14(11-21(16)18)12-5-3-7-19-9-12/h3-11H,2,18H2,1H3. The van der Waals surface area contributed by atoms with E-state index in [9.17, 15) is 4.79 Å². The van der Waals surface area contributed by atoms with Crippen molar-refractivity contribution in [2.75, 3.05) is 12.4 Å². The third kappa shape index (κ3) is 2.78. The molecule has 23 heavy (non-hydrogen) atoms. The van der Waals surface area contributed by atoms with Crippen molar-refractivity contribution >= 4 is 5.97 Å². The summed E-state index contributed by atoms with van der Waals surface area (Å²) in [4.78, 5) is 20.6. The first-order valence-electron chi connectivity index (χ1n) is 7.20. The number of carbonyl (C=O) groups is 1. The van der Waals surface area contributed by atoms with E-state index in [0.717, 1.165) is 16.7 Å². The first-order valence-corrected chi connectivity index (χ1v) is 7.20. The van der Waals surface area contributed by atoms with Crippen molar-refractivity contribution in [3.8, 4) is 22.3 Å². The molecule has 0 radical (unpaired) electrons. The van der Waals surface area contributed by atoms with Gasteiger partial charge in [-0.05, 0) is 19.1 Å². The fourth-order valence-corrected chi connectivity index (χ4v) is 2.48. The summed E-state index contributed by atoms with van der Waals surface area (Å²) in [5, 5.41) is 0. The summed E-state index contributed by atoms with van der Waals surface area (Å²) in [5.41, 5.74) is 3.43. The molecule has 6 nitrogen and oxygen atoms in total. The SMILES string of the molecule is CCOC(=O)c1c(-c2cccnc2)c(-c2cccnc2)cn1N. The molecule has 3 rings (SSSR count). The molecule has 3 heterocycles. The van der Waals surface area contributed by atoms with Crippen LogP contribution in [0.3, 0.4) is 0 Å². The molecule has 0 aliphatic carbocycles. The lowest BCUT2D eigenvalue weighted by molar-refractivity contribution is 0.0517.